The zero-order valence-electron chi connectivity index (χ0n) is 15.6. The zero-order chi connectivity index (χ0) is 20.5. The third-order valence-corrected chi connectivity index (χ3v) is 5.81. The van der Waals surface area contributed by atoms with Crippen LogP contribution in [0.4, 0.5) is 5.13 Å². The standard InChI is InChI=1S/C22H14ClN5OS/c23-14-8-9-18-20(11-14)30-22(27-18)28(13-15-5-3-4-10-24-15)21(29)19-12-25-16-6-1-2-7-17(16)26-19/h1-12H,13H2. The number of fused-ring (bicyclic) bond motifs is 2. The van der Waals surface area contributed by atoms with Crippen molar-refractivity contribution in [3.63, 3.8) is 0 Å². The summed E-state index contributed by atoms with van der Waals surface area (Å²) in [5.41, 5.74) is 3.18. The highest BCUT2D eigenvalue weighted by Crippen LogP contribution is 2.32. The van der Waals surface area contributed by atoms with Crippen molar-refractivity contribution in [2.75, 3.05) is 4.90 Å². The number of para-hydroxylation sites is 2. The molecule has 0 N–H and O–H groups in total. The Morgan fingerprint density at radius 1 is 0.933 bits per heavy atom. The molecule has 3 heterocycles. The fourth-order valence-electron chi connectivity index (χ4n) is 3.08. The molecule has 1 amide bonds. The van der Waals surface area contributed by atoms with Crippen molar-refractivity contribution in [1.29, 1.82) is 0 Å². The number of benzene rings is 2. The second-order valence-electron chi connectivity index (χ2n) is 6.56. The maximum atomic E-state index is 13.5. The predicted octanol–water partition coefficient (Wildman–Crippen LogP) is 5.13. The quantitative estimate of drug-likeness (QED) is 0.394. The molecule has 8 heteroatoms. The number of pyridine rings is 1. The Morgan fingerprint density at radius 2 is 1.77 bits per heavy atom. The van der Waals surface area contributed by atoms with Gasteiger partial charge in [-0.05, 0) is 42.5 Å². The predicted molar refractivity (Wildman–Crippen MR) is 119 cm³/mol. The van der Waals surface area contributed by atoms with Gasteiger partial charge in [-0.2, -0.15) is 0 Å². The Kier molecular flexibility index (Phi) is 4.82. The first kappa shape index (κ1) is 18.6. The molecule has 0 aliphatic rings. The monoisotopic (exact) mass is 431 g/mol. The zero-order valence-corrected chi connectivity index (χ0v) is 17.1. The number of rotatable bonds is 4. The highest BCUT2D eigenvalue weighted by atomic mass is 35.5. The van der Waals surface area contributed by atoms with E-state index >= 15 is 0 Å². The molecule has 5 aromatic rings. The number of thiazole rings is 1. The normalized spacial score (nSPS) is 11.1. The number of carbonyl (C=O) groups excluding carboxylic acids is 1. The first-order chi connectivity index (χ1) is 14.7. The van der Waals surface area contributed by atoms with Crippen molar-refractivity contribution in [2.45, 2.75) is 6.54 Å². The molecule has 5 rings (SSSR count). The molecular weight excluding hydrogens is 418 g/mol. The van der Waals surface area contributed by atoms with E-state index in [2.05, 4.69) is 19.9 Å². The van der Waals surface area contributed by atoms with Gasteiger partial charge in [0.25, 0.3) is 5.91 Å². The Labute approximate surface area is 180 Å². The van der Waals surface area contributed by atoms with Crippen molar-refractivity contribution in [3.8, 4) is 0 Å². The van der Waals surface area contributed by atoms with Crippen molar-refractivity contribution in [2.24, 2.45) is 0 Å². The summed E-state index contributed by atoms with van der Waals surface area (Å²) in [6, 6.07) is 18.5. The minimum Gasteiger partial charge on any atom is -0.276 e. The number of anilines is 1. The molecule has 146 valence electrons. The van der Waals surface area contributed by atoms with Crippen LogP contribution in [-0.4, -0.2) is 25.8 Å². The lowest BCUT2D eigenvalue weighted by Crippen LogP contribution is -2.31. The lowest BCUT2D eigenvalue weighted by molar-refractivity contribution is 0.0980. The number of aromatic nitrogens is 4. The maximum Gasteiger partial charge on any atom is 0.280 e. The molecule has 0 saturated carbocycles. The Bertz CT molecular complexity index is 1370. The number of halogens is 1. The van der Waals surface area contributed by atoms with Crippen molar-refractivity contribution < 1.29 is 4.79 Å². The molecule has 0 aliphatic carbocycles. The van der Waals surface area contributed by atoms with Crippen LogP contribution in [0.5, 0.6) is 0 Å². The average molecular weight is 432 g/mol. The average Bonchev–Trinajstić information content (AvgIpc) is 3.20. The van der Waals surface area contributed by atoms with Crippen molar-refractivity contribution >= 4 is 55.2 Å². The Morgan fingerprint density at radius 3 is 2.60 bits per heavy atom. The number of nitrogens with zero attached hydrogens (tertiary/aromatic N) is 5. The van der Waals surface area contributed by atoms with Crippen LogP contribution >= 0.6 is 22.9 Å². The van der Waals surface area contributed by atoms with Crippen LogP contribution in [0.15, 0.2) is 73.1 Å². The van der Waals surface area contributed by atoms with E-state index in [-0.39, 0.29) is 18.1 Å². The summed E-state index contributed by atoms with van der Waals surface area (Å²) < 4.78 is 0.904. The van der Waals surface area contributed by atoms with Gasteiger partial charge in [0.05, 0.1) is 39.7 Å². The molecule has 30 heavy (non-hydrogen) atoms. The molecule has 0 saturated heterocycles. The fourth-order valence-corrected chi connectivity index (χ4v) is 4.32. The van der Waals surface area contributed by atoms with Gasteiger partial charge >= 0.3 is 0 Å². The van der Waals surface area contributed by atoms with Gasteiger partial charge in [0.15, 0.2) is 5.13 Å². The van der Waals surface area contributed by atoms with Gasteiger partial charge in [0.1, 0.15) is 5.69 Å². The molecule has 0 radical (unpaired) electrons. The van der Waals surface area contributed by atoms with Crippen LogP contribution in [0, 0.1) is 0 Å². The highest BCUT2D eigenvalue weighted by Gasteiger charge is 2.24. The van der Waals surface area contributed by atoms with E-state index in [4.69, 9.17) is 11.6 Å². The SMILES string of the molecule is O=C(c1cnc2ccccc2n1)N(Cc1ccccn1)c1nc2ccc(Cl)cc2s1. The van der Waals surface area contributed by atoms with Crippen LogP contribution in [0.3, 0.4) is 0 Å². The Balaban J connectivity index is 1.59. The summed E-state index contributed by atoms with van der Waals surface area (Å²) in [7, 11) is 0. The summed E-state index contributed by atoms with van der Waals surface area (Å²) in [6.07, 6.45) is 3.20. The van der Waals surface area contributed by atoms with E-state index in [1.807, 2.05) is 54.6 Å². The second kappa shape index (κ2) is 7.78. The lowest BCUT2D eigenvalue weighted by atomic mass is 10.2. The van der Waals surface area contributed by atoms with Crippen LogP contribution in [-0.2, 0) is 6.54 Å². The summed E-state index contributed by atoms with van der Waals surface area (Å²) >= 11 is 7.52. The third kappa shape index (κ3) is 3.60. The van der Waals surface area contributed by atoms with Crippen molar-refractivity contribution in [1.82, 2.24) is 19.9 Å². The van der Waals surface area contributed by atoms with E-state index in [1.54, 1.807) is 17.2 Å². The van der Waals surface area contributed by atoms with Gasteiger partial charge in [0, 0.05) is 11.2 Å². The largest absolute Gasteiger partial charge is 0.280 e. The van der Waals surface area contributed by atoms with Crippen LogP contribution in [0.1, 0.15) is 16.2 Å². The third-order valence-electron chi connectivity index (χ3n) is 4.53. The molecule has 0 bridgehead atoms. The summed E-state index contributed by atoms with van der Waals surface area (Å²) in [4.78, 5) is 33.0. The Hall–Kier alpha value is -3.42. The lowest BCUT2D eigenvalue weighted by Gasteiger charge is -2.19. The molecule has 0 aliphatic heterocycles. The molecule has 2 aromatic carbocycles. The fraction of sp³-hybridized carbons (Fsp3) is 0.0455. The minimum absolute atomic E-state index is 0.252. The van der Waals surface area contributed by atoms with Gasteiger partial charge in [0.2, 0.25) is 0 Å². The van der Waals surface area contributed by atoms with E-state index in [0.29, 0.717) is 15.7 Å². The summed E-state index contributed by atoms with van der Waals surface area (Å²) in [6.45, 7) is 0.266. The highest BCUT2D eigenvalue weighted by molar-refractivity contribution is 7.22. The summed E-state index contributed by atoms with van der Waals surface area (Å²) in [5.74, 6) is -0.288. The van der Waals surface area contributed by atoms with Crippen LogP contribution in [0.25, 0.3) is 21.3 Å². The molecule has 3 aromatic heterocycles. The van der Waals surface area contributed by atoms with Crippen molar-refractivity contribution in [3.05, 3.63) is 89.5 Å². The second-order valence-corrected chi connectivity index (χ2v) is 8.01. The van der Waals surface area contributed by atoms with Gasteiger partial charge in [-0.1, -0.05) is 41.1 Å². The van der Waals surface area contributed by atoms with Crippen LogP contribution < -0.4 is 4.90 Å². The molecule has 0 atom stereocenters. The minimum atomic E-state index is -0.288. The number of amides is 1. The number of carbonyl (C=O) groups is 1. The molecule has 0 fully saturated rings. The smallest absolute Gasteiger partial charge is 0.276 e. The van der Waals surface area contributed by atoms with E-state index in [1.165, 1.54) is 17.5 Å². The van der Waals surface area contributed by atoms with Gasteiger partial charge in [-0.25, -0.2) is 9.97 Å². The maximum absolute atomic E-state index is 13.5. The molecular formula is C22H14ClN5OS. The summed E-state index contributed by atoms with van der Waals surface area (Å²) in [5, 5.41) is 1.18. The van der Waals surface area contributed by atoms with Gasteiger partial charge in [-0.15, -0.1) is 0 Å². The molecule has 0 unspecified atom stereocenters. The van der Waals surface area contributed by atoms with Gasteiger partial charge in [-0.3, -0.25) is 19.7 Å². The van der Waals surface area contributed by atoms with E-state index in [9.17, 15) is 4.79 Å². The topological polar surface area (TPSA) is 71.9 Å². The molecule has 6 nitrogen and oxygen atoms in total. The van der Waals surface area contributed by atoms with E-state index < -0.39 is 0 Å². The first-order valence-electron chi connectivity index (χ1n) is 9.17. The first-order valence-corrected chi connectivity index (χ1v) is 10.4. The van der Waals surface area contributed by atoms with E-state index in [0.717, 1.165) is 21.4 Å². The number of hydrogen-bond acceptors (Lipinski definition) is 6. The van der Waals surface area contributed by atoms with Crippen LogP contribution in [0.2, 0.25) is 5.02 Å². The molecule has 0 spiro atoms. The number of hydrogen-bond donors (Lipinski definition) is 0. The van der Waals surface area contributed by atoms with Gasteiger partial charge < -0.3 is 0 Å².